The highest BCUT2D eigenvalue weighted by molar-refractivity contribution is 4.87. The minimum Gasteiger partial charge on any atom is -0.381 e. The van der Waals surface area contributed by atoms with Crippen LogP contribution in [0.4, 0.5) is 0 Å². The first-order chi connectivity index (χ1) is 6.92. The minimum atomic E-state index is 0.237. The maximum absolute atomic E-state index is 5.49. The van der Waals surface area contributed by atoms with E-state index in [4.69, 9.17) is 4.74 Å². The van der Waals surface area contributed by atoms with Crippen LogP contribution in [0, 0.1) is 0 Å². The Morgan fingerprint density at radius 3 is 2.40 bits per heavy atom. The van der Waals surface area contributed by atoms with Crippen molar-refractivity contribution in [3.63, 3.8) is 0 Å². The fourth-order valence-electron chi connectivity index (χ4n) is 1.14. The molecule has 0 aliphatic heterocycles. The van der Waals surface area contributed by atoms with E-state index in [1.54, 1.807) is 0 Å². The normalized spacial score (nSPS) is 11.7. The highest BCUT2D eigenvalue weighted by Crippen LogP contribution is 2.00. The van der Waals surface area contributed by atoms with Gasteiger partial charge in [0.15, 0.2) is 0 Å². The van der Waals surface area contributed by atoms with E-state index in [0.29, 0.717) is 0 Å². The van der Waals surface area contributed by atoms with Crippen molar-refractivity contribution in [2.24, 2.45) is 0 Å². The fraction of sp³-hybridized carbons (Fsp3) is 0.846. The van der Waals surface area contributed by atoms with Crippen LogP contribution in [0.3, 0.4) is 0 Å². The molecule has 0 aromatic carbocycles. The molecule has 15 heavy (non-hydrogen) atoms. The Balaban J connectivity index is 3.09. The molecular formula is C13H27NO. The lowest BCUT2D eigenvalue weighted by molar-refractivity contribution is 0.133. The van der Waals surface area contributed by atoms with Gasteiger partial charge in [-0.3, -0.25) is 0 Å². The van der Waals surface area contributed by atoms with Gasteiger partial charge in [-0.1, -0.05) is 5.57 Å². The summed E-state index contributed by atoms with van der Waals surface area (Å²) in [6.45, 7) is 15.2. The van der Waals surface area contributed by atoms with Gasteiger partial charge in [0.25, 0.3) is 0 Å². The molecule has 2 nitrogen and oxygen atoms in total. The van der Waals surface area contributed by atoms with E-state index in [2.05, 4.69) is 32.7 Å². The van der Waals surface area contributed by atoms with Crippen LogP contribution in [0.15, 0.2) is 12.2 Å². The van der Waals surface area contributed by atoms with Crippen LogP contribution in [0.2, 0.25) is 0 Å². The molecule has 0 amide bonds. The first kappa shape index (κ1) is 14.7. The molecule has 0 aliphatic rings. The van der Waals surface area contributed by atoms with E-state index in [0.717, 1.165) is 32.6 Å². The summed E-state index contributed by atoms with van der Waals surface area (Å²) in [4.78, 5) is 0. The lowest BCUT2D eigenvalue weighted by Gasteiger charge is -2.20. The van der Waals surface area contributed by atoms with Gasteiger partial charge in [-0.15, -0.1) is 6.58 Å². The second-order valence-electron chi connectivity index (χ2n) is 5.20. The van der Waals surface area contributed by atoms with Crippen LogP contribution in [-0.4, -0.2) is 25.3 Å². The molecule has 0 aromatic rings. The zero-order valence-electron chi connectivity index (χ0n) is 10.9. The Kier molecular flexibility index (Phi) is 7.71. The maximum Gasteiger partial charge on any atom is 0.0502 e. The number of nitrogens with one attached hydrogen (secondary N) is 1. The molecule has 0 bridgehead atoms. The van der Waals surface area contributed by atoms with E-state index in [-0.39, 0.29) is 5.54 Å². The van der Waals surface area contributed by atoms with Gasteiger partial charge < -0.3 is 10.1 Å². The predicted molar refractivity (Wildman–Crippen MR) is 67.2 cm³/mol. The van der Waals surface area contributed by atoms with Crippen molar-refractivity contribution in [1.29, 1.82) is 0 Å². The van der Waals surface area contributed by atoms with Gasteiger partial charge in [-0.25, -0.2) is 0 Å². The van der Waals surface area contributed by atoms with Gasteiger partial charge >= 0.3 is 0 Å². The average Bonchev–Trinajstić information content (AvgIpc) is 2.07. The highest BCUT2D eigenvalue weighted by Gasteiger charge is 2.06. The van der Waals surface area contributed by atoms with Crippen molar-refractivity contribution in [3.05, 3.63) is 12.2 Å². The van der Waals surface area contributed by atoms with Crippen LogP contribution in [-0.2, 0) is 4.74 Å². The maximum atomic E-state index is 5.49. The lowest BCUT2D eigenvalue weighted by atomic mass is 10.1. The Bertz CT molecular complexity index is 170. The quantitative estimate of drug-likeness (QED) is 0.494. The molecule has 0 saturated heterocycles. The SMILES string of the molecule is C=C(C)CCOCCCCNC(C)(C)C. The smallest absolute Gasteiger partial charge is 0.0502 e. The molecule has 0 aromatic heterocycles. The van der Waals surface area contributed by atoms with Crippen LogP contribution < -0.4 is 5.32 Å². The van der Waals surface area contributed by atoms with Crippen molar-refractivity contribution in [2.45, 2.75) is 52.5 Å². The fourth-order valence-corrected chi connectivity index (χ4v) is 1.14. The van der Waals surface area contributed by atoms with Crippen molar-refractivity contribution in [2.75, 3.05) is 19.8 Å². The molecule has 0 radical (unpaired) electrons. The summed E-state index contributed by atoms with van der Waals surface area (Å²) in [6, 6.07) is 0. The van der Waals surface area contributed by atoms with Gasteiger partial charge in [0, 0.05) is 12.1 Å². The number of unbranched alkanes of at least 4 members (excludes halogenated alkanes) is 1. The van der Waals surface area contributed by atoms with Gasteiger partial charge in [0.1, 0.15) is 0 Å². The monoisotopic (exact) mass is 213 g/mol. The molecule has 1 N–H and O–H groups in total. The summed E-state index contributed by atoms with van der Waals surface area (Å²) in [5.74, 6) is 0. The highest BCUT2D eigenvalue weighted by atomic mass is 16.5. The molecule has 0 spiro atoms. The standard InChI is InChI=1S/C13H27NO/c1-12(2)8-11-15-10-7-6-9-14-13(3,4)5/h14H,1,6-11H2,2-5H3. The molecule has 0 heterocycles. The zero-order valence-corrected chi connectivity index (χ0v) is 10.9. The van der Waals surface area contributed by atoms with E-state index < -0.39 is 0 Å². The van der Waals surface area contributed by atoms with Crippen LogP contribution in [0.25, 0.3) is 0 Å². The molecule has 0 atom stereocenters. The van der Waals surface area contributed by atoms with Gasteiger partial charge in [-0.05, 0) is 53.5 Å². The number of ether oxygens (including phenoxy) is 1. The number of hydrogen-bond donors (Lipinski definition) is 1. The van der Waals surface area contributed by atoms with Crippen LogP contribution in [0.1, 0.15) is 47.0 Å². The number of rotatable bonds is 8. The third kappa shape index (κ3) is 13.7. The topological polar surface area (TPSA) is 21.3 Å². The first-order valence-corrected chi connectivity index (χ1v) is 5.89. The molecule has 0 saturated carbocycles. The molecule has 2 heteroatoms. The second-order valence-corrected chi connectivity index (χ2v) is 5.20. The number of hydrogen-bond acceptors (Lipinski definition) is 2. The summed E-state index contributed by atoms with van der Waals surface area (Å²) in [5, 5.41) is 3.46. The molecule has 0 unspecified atom stereocenters. The van der Waals surface area contributed by atoms with Gasteiger partial charge in [0.2, 0.25) is 0 Å². The van der Waals surface area contributed by atoms with Crippen LogP contribution >= 0.6 is 0 Å². The summed E-state index contributed by atoms with van der Waals surface area (Å²) in [7, 11) is 0. The van der Waals surface area contributed by atoms with E-state index in [9.17, 15) is 0 Å². The lowest BCUT2D eigenvalue weighted by Crippen LogP contribution is -2.36. The third-order valence-corrected chi connectivity index (χ3v) is 2.04. The molecule has 0 fully saturated rings. The second kappa shape index (κ2) is 7.89. The molecule has 0 aliphatic carbocycles. The summed E-state index contributed by atoms with van der Waals surface area (Å²) < 4.78 is 5.49. The third-order valence-electron chi connectivity index (χ3n) is 2.04. The minimum absolute atomic E-state index is 0.237. The van der Waals surface area contributed by atoms with Crippen molar-refractivity contribution in [3.8, 4) is 0 Å². The first-order valence-electron chi connectivity index (χ1n) is 5.89. The van der Waals surface area contributed by atoms with Crippen molar-refractivity contribution >= 4 is 0 Å². The largest absolute Gasteiger partial charge is 0.381 e. The Labute approximate surface area is 95.1 Å². The summed E-state index contributed by atoms with van der Waals surface area (Å²) in [5.41, 5.74) is 1.44. The Morgan fingerprint density at radius 2 is 1.87 bits per heavy atom. The molecule has 0 rings (SSSR count). The Morgan fingerprint density at radius 1 is 1.20 bits per heavy atom. The molecular weight excluding hydrogens is 186 g/mol. The summed E-state index contributed by atoms with van der Waals surface area (Å²) >= 11 is 0. The zero-order chi connectivity index (χ0) is 11.7. The Hall–Kier alpha value is -0.340. The van der Waals surface area contributed by atoms with Gasteiger partial charge in [-0.2, -0.15) is 0 Å². The van der Waals surface area contributed by atoms with E-state index in [1.807, 2.05) is 6.92 Å². The predicted octanol–water partition coefficient (Wildman–Crippen LogP) is 3.14. The van der Waals surface area contributed by atoms with Crippen molar-refractivity contribution < 1.29 is 4.74 Å². The average molecular weight is 213 g/mol. The van der Waals surface area contributed by atoms with Gasteiger partial charge in [0.05, 0.1) is 6.61 Å². The van der Waals surface area contributed by atoms with E-state index in [1.165, 1.54) is 12.0 Å². The van der Waals surface area contributed by atoms with Crippen LogP contribution in [0.5, 0.6) is 0 Å². The van der Waals surface area contributed by atoms with Crippen molar-refractivity contribution in [1.82, 2.24) is 5.32 Å². The van der Waals surface area contributed by atoms with E-state index >= 15 is 0 Å². The molecule has 90 valence electrons. The summed E-state index contributed by atoms with van der Waals surface area (Å²) in [6.07, 6.45) is 3.31.